The van der Waals surface area contributed by atoms with E-state index < -0.39 is 0 Å². The Morgan fingerprint density at radius 2 is 2.00 bits per heavy atom. The van der Waals surface area contributed by atoms with Gasteiger partial charge in [-0.25, -0.2) is 0 Å². The first-order valence-corrected chi connectivity index (χ1v) is 7.53. The van der Waals surface area contributed by atoms with Gasteiger partial charge < -0.3 is 10.2 Å². The third-order valence-corrected chi connectivity index (χ3v) is 4.18. The molecule has 1 atom stereocenters. The minimum absolute atomic E-state index is 0. The molecular formula is C13H20BrClN2OS. The van der Waals surface area contributed by atoms with Crippen molar-refractivity contribution in [2.24, 2.45) is 0 Å². The monoisotopic (exact) mass is 366 g/mol. The highest BCUT2D eigenvalue weighted by Gasteiger charge is 2.18. The molecule has 0 saturated heterocycles. The van der Waals surface area contributed by atoms with Crippen LogP contribution in [0.25, 0.3) is 0 Å². The molecule has 1 aromatic carbocycles. The predicted octanol–water partition coefficient (Wildman–Crippen LogP) is 3.03. The molecule has 0 spiro atoms. The van der Waals surface area contributed by atoms with E-state index in [0.29, 0.717) is 0 Å². The SMILES string of the molecule is CNCCN(C)C(=O)C(C)Sc1ccc(Br)cc1.Cl. The Hall–Kier alpha value is -0.230. The number of nitrogens with zero attached hydrogens (tertiary/aromatic N) is 1. The van der Waals surface area contributed by atoms with Gasteiger partial charge in [0.15, 0.2) is 0 Å². The summed E-state index contributed by atoms with van der Waals surface area (Å²) in [5.74, 6) is 0.165. The number of benzene rings is 1. The lowest BCUT2D eigenvalue weighted by atomic mass is 10.4. The maximum atomic E-state index is 12.1. The Kier molecular flexibility index (Phi) is 9.52. The average molecular weight is 368 g/mol. The van der Waals surface area contributed by atoms with Gasteiger partial charge in [-0.1, -0.05) is 15.9 Å². The van der Waals surface area contributed by atoms with Crippen LogP contribution >= 0.6 is 40.1 Å². The van der Waals surface area contributed by atoms with Crippen molar-refractivity contribution in [3.63, 3.8) is 0 Å². The van der Waals surface area contributed by atoms with Gasteiger partial charge >= 0.3 is 0 Å². The van der Waals surface area contributed by atoms with Crippen LogP contribution in [0.4, 0.5) is 0 Å². The van der Waals surface area contributed by atoms with Crippen molar-refractivity contribution in [2.45, 2.75) is 17.1 Å². The van der Waals surface area contributed by atoms with Crippen molar-refractivity contribution < 1.29 is 4.79 Å². The molecule has 19 heavy (non-hydrogen) atoms. The molecule has 1 amide bonds. The molecule has 0 bridgehead atoms. The van der Waals surface area contributed by atoms with Crippen LogP contribution in [0.2, 0.25) is 0 Å². The fourth-order valence-electron chi connectivity index (χ4n) is 1.47. The van der Waals surface area contributed by atoms with Gasteiger partial charge in [-0.15, -0.1) is 24.2 Å². The standard InChI is InChI=1S/C13H19BrN2OS.ClH/c1-10(13(17)16(3)9-8-15-2)18-12-6-4-11(14)5-7-12;/h4-7,10,15H,8-9H2,1-3H3;1H. The normalized spacial score (nSPS) is 11.6. The van der Waals surface area contributed by atoms with Crippen LogP contribution < -0.4 is 5.32 Å². The first-order valence-electron chi connectivity index (χ1n) is 5.86. The highest BCUT2D eigenvalue weighted by molar-refractivity contribution is 9.10. The minimum atomic E-state index is -0.0620. The number of thioether (sulfide) groups is 1. The predicted molar refractivity (Wildman–Crippen MR) is 88.3 cm³/mol. The van der Waals surface area contributed by atoms with E-state index in [-0.39, 0.29) is 23.6 Å². The summed E-state index contributed by atoms with van der Waals surface area (Å²) in [4.78, 5) is 15.0. The Bertz CT molecular complexity index is 389. The molecule has 0 aliphatic heterocycles. The fourth-order valence-corrected chi connectivity index (χ4v) is 2.71. The van der Waals surface area contributed by atoms with Crippen LogP contribution in [-0.4, -0.2) is 43.2 Å². The number of hydrogen-bond acceptors (Lipinski definition) is 3. The van der Waals surface area contributed by atoms with Crippen LogP contribution in [-0.2, 0) is 4.79 Å². The quantitative estimate of drug-likeness (QED) is 0.784. The lowest BCUT2D eigenvalue weighted by Crippen LogP contribution is -2.37. The molecule has 108 valence electrons. The van der Waals surface area contributed by atoms with E-state index >= 15 is 0 Å². The molecule has 3 nitrogen and oxygen atoms in total. The average Bonchev–Trinajstić information content (AvgIpc) is 2.37. The lowest BCUT2D eigenvalue weighted by Gasteiger charge is -2.21. The van der Waals surface area contributed by atoms with Gasteiger partial charge in [0, 0.05) is 29.5 Å². The maximum absolute atomic E-state index is 12.1. The van der Waals surface area contributed by atoms with E-state index in [2.05, 4.69) is 21.2 Å². The summed E-state index contributed by atoms with van der Waals surface area (Å²) in [5.41, 5.74) is 0. The number of likely N-dealkylation sites (N-methyl/N-ethyl adjacent to an activating group) is 2. The van der Waals surface area contributed by atoms with Crippen LogP contribution in [0, 0.1) is 0 Å². The van der Waals surface area contributed by atoms with Crippen molar-refractivity contribution in [3.8, 4) is 0 Å². The van der Waals surface area contributed by atoms with Gasteiger partial charge in [-0.05, 0) is 38.2 Å². The number of carbonyl (C=O) groups excluding carboxylic acids is 1. The maximum Gasteiger partial charge on any atom is 0.235 e. The number of halogens is 2. The lowest BCUT2D eigenvalue weighted by molar-refractivity contribution is -0.128. The molecule has 0 aliphatic rings. The summed E-state index contributed by atoms with van der Waals surface area (Å²) in [6.07, 6.45) is 0. The van der Waals surface area contributed by atoms with E-state index in [1.54, 1.807) is 16.7 Å². The second kappa shape index (κ2) is 9.64. The van der Waals surface area contributed by atoms with Gasteiger partial charge in [-0.2, -0.15) is 0 Å². The molecule has 0 saturated carbocycles. The van der Waals surface area contributed by atoms with E-state index in [0.717, 1.165) is 22.5 Å². The molecular weight excluding hydrogens is 348 g/mol. The third-order valence-electron chi connectivity index (χ3n) is 2.55. The van der Waals surface area contributed by atoms with Gasteiger partial charge in [0.05, 0.1) is 5.25 Å². The molecule has 0 aromatic heterocycles. The number of carbonyl (C=O) groups is 1. The van der Waals surface area contributed by atoms with Crippen molar-refractivity contribution in [1.29, 1.82) is 0 Å². The molecule has 1 unspecified atom stereocenters. The Labute approximate surface area is 134 Å². The van der Waals surface area contributed by atoms with Crippen molar-refractivity contribution in [2.75, 3.05) is 27.2 Å². The molecule has 1 rings (SSSR count). The fraction of sp³-hybridized carbons (Fsp3) is 0.462. The number of amides is 1. The Morgan fingerprint density at radius 3 is 2.53 bits per heavy atom. The third kappa shape index (κ3) is 6.65. The number of hydrogen-bond donors (Lipinski definition) is 1. The van der Waals surface area contributed by atoms with Gasteiger partial charge in [0.1, 0.15) is 0 Å². The zero-order valence-electron chi connectivity index (χ0n) is 11.4. The second-order valence-electron chi connectivity index (χ2n) is 4.08. The zero-order chi connectivity index (χ0) is 13.5. The Balaban J connectivity index is 0.00000324. The first kappa shape index (κ1) is 18.8. The summed E-state index contributed by atoms with van der Waals surface area (Å²) < 4.78 is 1.05. The second-order valence-corrected chi connectivity index (χ2v) is 6.41. The molecule has 1 N–H and O–H groups in total. The largest absolute Gasteiger partial charge is 0.344 e. The van der Waals surface area contributed by atoms with Crippen LogP contribution in [0.1, 0.15) is 6.92 Å². The van der Waals surface area contributed by atoms with Crippen molar-refractivity contribution in [1.82, 2.24) is 10.2 Å². The summed E-state index contributed by atoms with van der Waals surface area (Å²) in [6, 6.07) is 8.02. The highest BCUT2D eigenvalue weighted by Crippen LogP contribution is 2.25. The number of nitrogens with one attached hydrogen (secondary N) is 1. The van der Waals surface area contributed by atoms with Crippen LogP contribution in [0.3, 0.4) is 0 Å². The van der Waals surface area contributed by atoms with Crippen molar-refractivity contribution >= 4 is 46.0 Å². The summed E-state index contributed by atoms with van der Waals surface area (Å²) >= 11 is 4.99. The smallest absolute Gasteiger partial charge is 0.235 e. The van der Waals surface area contributed by atoms with E-state index in [4.69, 9.17) is 0 Å². The van der Waals surface area contributed by atoms with Gasteiger partial charge in [0.25, 0.3) is 0 Å². The topological polar surface area (TPSA) is 32.3 Å². The van der Waals surface area contributed by atoms with E-state index in [1.807, 2.05) is 45.3 Å². The highest BCUT2D eigenvalue weighted by atomic mass is 79.9. The molecule has 0 heterocycles. The molecule has 0 aliphatic carbocycles. The molecule has 0 radical (unpaired) electrons. The summed E-state index contributed by atoms with van der Waals surface area (Å²) in [6.45, 7) is 3.50. The molecule has 1 aromatic rings. The summed E-state index contributed by atoms with van der Waals surface area (Å²) in [7, 11) is 3.73. The summed E-state index contributed by atoms with van der Waals surface area (Å²) in [5, 5.41) is 2.98. The first-order chi connectivity index (χ1) is 8.54. The molecule has 6 heteroatoms. The van der Waals surface area contributed by atoms with Crippen LogP contribution in [0.5, 0.6) is 0 Å². The minimum Gasteiger partial charge on any atom is -0.344 e. The van der Waals surface area contributed by atoms with Gasteiger partial charge in [-0.3, -0.25) is 4.79 Å². The van der Waals surface area contributed by atoms with Crippen molar-refractivity contribution in [3.05, 3.63) is 28.7 Å². The zero-order valence-corrected chi connectivity index (χ0v) is 14.6. The van der Waals surface area contributed by atoms with E-state index in [9.17, 15) is 4.79 Å². The molecule has 0 fully saturated rings. The number of rotatable bonds is 6. The Morgan fingerprint density at radius 1 is 1.42 bits per heavy atom. The van der Waals surface area contributed by atoms with E-state index in [1.165, 1.54) is 0 Å². The van der Waals surface area contributed by atoms with Crippen LogP contribution in [0.15, 0.2) is 33.6 Å². The van der Waals surface area contributed by atoms with Gasteiger partial charge in [0.2, 0.25) is 5.91 Å².